The molecule has 98 valence electrons. The number of imidazole rings is 1. The van der Waals surface area contributed by atoms with Gasteiger partial charge in [0.25, 0.3) is 0 Å². The molecule has 2 heterocycles. The molecule has 0 saturated heterocycles. The van der Waals surface area contributed by atoms with Crippen molar-refractivity contribution in [2.24, 2.45) is 0 Å². The molecule has 1 N–H and O–H groups in total. The van der Waals surface area contributed by atoms with Crippen LogP contribution in [0.15, 0.2) is 35.2 Å². The SMILES string of the molecule is CCn1c(CC(O)c2cscn2)nc2ccccc21. The Morgan fingerprint density at radius 2 is 2.21 bits per heavy atom. The molecule has 0 aliphatic rings. The van der Waals surface area contributed by atoms with Crippen LogP contribution in [0.2, 0.25) is 0 Å². The van der Waals surface area contributed by atoms with Crippen LogP contribution >= 0.6 is 11.3 Å². The highest BCUT2D eigenvalue weighted by molar-refractivity contribution is 7.07. The van der Waals surface area contributed by atoms with Gasteiger partial charge in [0.2, 0.25) is 0 Å². The molecule has 19 heavy (non-hydrogen) atoms. The van der Waals surface area contributed by atoms with Gasteiger partial charge in [0, 0.05) is 18.3 Å². The Balaban J connectivity index is 1.96. The maximum atomic E-state index is 10.2. The number of rotatable bonds is 4. The zero-order chi connectivity index (χ0) is 13.2. The van der Waals surface area contributed by atoms with Crippen LogP contribution in [0, 0.1) is 0 Å². The van der Waals surface area contributed by atoms with Gasteiger partial charge in [0.15, 0.2) is 0 Å². The molecule has 3 rings (SSSR count). The lowest BCUT2D eigenvalue weighted by Crippen LogP contribution is -2.08. The molecule has 3 aromatic rings. The van der Waals surface area contributed by atoms with E-state index in [9.17, 15) is 5.11 Å². The fraction of sp³-hybridized carbons (Fsp3) is 0.286. The lowest BCUT2D eigenvalue weighted by Gasteiger charge is -2.09. The summed E-state index contributed by atoms with van der Waals surface area (Å²) in [5, 5.41) is 12.1. The molecule has 0 amide bonds. The quantitative estimate of drug-likeness (QED) is 0.795. The van der Waals surface area contributed by atoms with Crippen molar-refractivity contribution in [1.29, 1.82) is 0 Å². The highest BCUT2D eigenvalue weighted by atomic mass is 32.1. The molecule has 5 heteroatoms. The van der Waals surface area contributed by atoms with Gasteiger partial charge in [-0.05, 0) is 19.1 Å². The van der Waals surface area contributed by atoms with Crippen molar-refractivity contribution in [3.8, 4) is 0 Å². The van der Waals surface area contributed by atoms with E-state index in [0.29, 0.717) is 6.42 Å². The van der Waals surface area contributed by atoms with E-state index in [2.05, 4.69) is 27.5 Å². The minimum absolute atomic E-state index is 0.492. The first-order chi connectivity index (χ1) is 9.29. The molecular weight excluding hydrogens is 258 g/mol. The Labute approximate surface area is 115 Å². The Morgan fingerprint density at radius 1 is 1.37 bits per heavy atom. The van der Waals surface area contributed by atoms with E-state index in [0.717, 1.165) is 29.1 Å². The van der Waals surface area contributed by atoms with Gasteiger partial charge in [-0.3, -0.25) is 0 Å². The predicted molar refractivity (Wildman–Crippen MR) is 76.2 cm³/mol. The number of aryl methyl sites for hydroxylation is 1. The number of aliphatic hydroxyl groups is 1. The van der Waals surface area contributed by atoms with Crippen molar-refractivity contribution in [2.75, 3.05) is 0 Å². The number of benzene rings is 1. The lowest BCUT2D eigenvalue weighted by atomic mass is 10.2. The summed E-state index contributed by atoms with van der Waals surface area (Å²) in [6.45, 7) is 2.94. The second-order valence-electron chi connectivity index (χ2n) is 4.39. The number of thiazole rings is 1. The molecule has 0 aliphatic carbocycles. The second kappa shape index (κ2) is 5.11. The van der Waals surface area contributed by atoms with Crippen molar-refractivity contribution < 1.29 is 5.11 Å². The fourth-order valence-electron chi connectivity index (χ4n) is 2.30. The number of fused-ring (bicyclic) bond motifs is 1. The third-order valence-electron chi connectivity index (χ3n) is 3.22. The molecule has 0 radical (unpaired) electrons. The minimum Gasteiger partial charge on any atom is -0.386 e. The summed E-state index contributed by atoms with van der Waals surface area (Å²) < 4.78 is 2.14. The summed E-state index contributed by atoms with van der Waals surface area (Å²) in [6, 6.07) is 8.05. The summed E-state index contributed by atoms with van der Waals surface area (Å²) in [6.07, 6.45) is -0.0972. The van der Waals surface area contributed by atoms with Crippen LogP contribution in [-0.2, 0) is 13.0 Å². The summed E-state index contributed by atoms with van der Waals surface area (Å²) >= 11 is 1.50. The Morgan fingerprint density at radius 3 is 2.95 bits per heavy atom. The minimum atomic E-state index is -0.589. The third-order valence-corrected chi connectivity index (χ3v) is 3.82. The molecule has 1 atom stereocenters. The third kappa shape index (κ3) is 2.27. The molecule has 0 spiro atoms. The van der Waals surface area contributed by atoms with Gasteiger partial charge in [-0.15, -0.1) is 11.3 Å². The molecule has 0 fully saturated rings. The van der Waals surface area contributed by atoms with Gasteiger partial charge >= 0.3 is 0 Å². The van der Waals surface area contributed by atoms with Gasteiger partial charge in [0.1, 0.15) is 11.9 Å². The van der Waals surface area contributed by atoms with Gasteiger partial charge in [-0.25, -0.2) is 9.97 Å². The van der Waals surface area contributed by atoms with Crippen LogP contribution in [0.3, 0.4) is 0 Å². The topological polar surface area (TPSA) is 50.9 Å². The molecule has 1 aromatic carbocycles. The van der Waals surface area contributed by atoms with Crippen LogP contribution in [0.1, 0.15) is 24.5 Å². The summed E-state index contributed by atoms with van der Waals surface area (Å²) in [4.78, 5) is 8.77. The normalized spacial score (nSPS) is 12.9. The second-order valence-corrected chi connectivity index (χ2v) is 5.11. The number of para-hydroxylation sites is 2. The van der Waals surface area contributed by atoms with Crippen LogP contribution in [0.25, 0.3) is 11.0 Å². The Hall–Kier alpha value is -1.72. The molecule has 0 aliphatic heterocycles. The van der Waals surface area contributed by atoms with Crippen molar-refractivity contribution in [1.82, 2.24) is 14.5 Å². The number of hydrogen-bond donors (Lipinski definition) is 1. The van der Waals surface area contributed by atoms with E-state index in [1.54, 1.807) is 5.51 Å². The van der Waals surface area contributed by atoms with E-state index >= 15 is 0 Å². The van der Waals surface area contributed by atoms with Crippen molar-refractivity contribution >= 4 is 22.4 Å². The zero-order valence-electron chi connectivity index (χ0n) is 10.7. The zero-order valence-corrected chi connectivity index (χ0v) is 11.5. The highest BCUT2D eigenvalue weighted by Crippen LogP contribution is 2.21. The monoisotopic (exact) mass is 273 g/mol. The van der Waals surface area contributed by atoms with Gasteiger partial charge in [-0.1, -0.05) is 12.1 Å². The van der Waals surface area contributed by atoms with Gasteiger partial charge in [0.05, 0.1) is 22.2 Å². The number of hydrogen-bond acceptors (Lipinski definition) is 4. The standard InChI is InChI=1S/C14H15N3OS/c1-2-17-12-6-4-3-5-10(12)16-14(17)7-13(18)11-8-19-9-15-11/h3-6,8-9,13,18H,2,7H2,1H3. The van der Waals surface area contributed by atoms with Crippen molar-refractivity contribution in [3.63, 3.8) is 0 Å². The van der Waals surface area contributed by atoms with Gasteiger partial charge < -0.3 is 9.67 Å². The summed E-state index contributed by atoms with van der Waals surface area (Å²) in [5.41, 5.74) is 4.55. The van der Waals surface area contributed by atoms with Crippen molar-refractivity contribution in [2.45, 2.75) is 26.0 Å². The van der Waals surface area contributed by atoms with E-state index in [-0.39, 0.29) is 0 Å². The smallest absolute Gasteiger partial charge is 0.112 e. The number of aliphatic hydroxyl groups excluding tert-OH is 1. The first-order valence-electron chi connectivity index (χ1n) is 6.30. The average Bonchev–Trinajstić information content (AvgIpc) is 3.05. The molecule has 2 aromatic heterocycles. The summed E-state index contributed by atoms with van der Waals surface area (Å²) in [5.74, 6) is 0.907. The number of aromatic nitrogens is 3. The van der Waals surface area contributed by atoms with Crippen molar-refractivity contribution in [3.05, 3.63) is 46.7 Å². The molecule has 0 saturated carbocycles. The van der Waals surface area contributed by atoms with Gasteiger partial charge in [-0.2, -0.15) is 0 Å². The Bertz CT molecular complexity index is 675. The largest absolute Gasteiger partial charge is 0.386 e. The highest BCUT2D eigenvalue weighted by Gasteiger charge is 2.16. The Kier molecular flexibility index (Phi) is 3.31. The molecule has 4 nitrogen and oxygen atoms in total. The van der Waals surface area contributed by atoms with Crippen LogP contribution in [0.5, 0.6) is 0 Å². The molecule has 0 bridgehead atoms. The van der Waals surface area contributed by atoms with E-state index in [4.69, 9.17) is 0 Å². The molecule has 1 unspecified atom stereocenters. The van der Waals surface area contributed by atoms with Crippen LogP contribution in [0.4, 0.5) is 0 Å². The summed E-state index contributed by atoms with van der Waals surface area (Å²) in [7, 11) is 0. The fourth-order valence-corrected chi connectivity index (χ4v) is 2.90. The lowest BCUT2D eigenvalue weighted by molar-refractivity contribution is 0.170. The average molecular weight is 273 g/mol. The first kappa shape index (κ1) is 12.3. The molecular formula is C14H15N3OS. The van der Waals surface area contributed by atoms with E-state index < -0.39 is 6.10 Å². The van der Waals surface area contributed by atoms with E-state index in [1.165, 1.54) is 11.3 Å². The maximum absolute atomic E-state index is 10.2. The van der Waals surface area contributed by atoms with E-state index in [1.807, 2.05) is 23.6 Å². The maximum Gasteiger partial charge on any atom is 0.112 e. The first-order valence-corrected chi connectivity index (χ1v) is 7.24. The van der Waals surface area contributed by atoms with Crippen LogP contribution < -0.4 is 0 Å². The predicted octanol–water partition coefficient (Wildman–Crippen LogP) is 2.79. The number of nitrogens with zero attached hydrogens (tertiary/aromatic N) is 3. The van der Waals surface area contributed by atoms with Crippen LogP contribution in [-0.4, -0.2) is 19.6 Å².